The summed E-state index contributed by atoms with van der Waals surface area (Å²) in [4.78, 5) is 0. The molecule has 0 spiro atoms. The molecular weight excluding hydrogens is 257 g/mol. The number of hydrogen-bond donors (Lipinski definition) is 1. The van der Waals surface area contributed by atoms with E-state index in [9.17, 15) is 12.8 Å². The van der Waals surface area contributed by atoms with Crippen molar-refractivity contribution in [2.75, 3.05) is 31.7 Å². The van der Waals surface area contributed by atoms with Crippen LogP contribution >= 0.6 is 0 Å². The Morgan fingerprint density at radius 3 is 2.67 bits per heavy atom. The molecule has 0 aromatic heterocycles. The molecule has 1 aromatic rings. The van der Waals surface area contributed by atoms with Crippen LogP contribution in [0.4, 0.5) is 10.1 Å². The number of anilines is 1. The third-order valence-electron chi connectivity index (χ3n) is 2.33. The van der Waals surface area contributed by atoms with Crippen LogP contribution in [0.1, 0.15) is 5.56 Å². The van der Waals surface area contributed by atoms with Crippen molar-refractivity contribution < 1.29 is 12.8 Å². The highest BCUT2D eigenvalue weighted by atomic mass is 32.2. The predicted octanol–water partition coefficient (Wildman–Crippen LogP) is 1.00. The normalized spacial score (nSPS) is 11.3. The lowest BCUT2D eigenvalue weighted by Gasteiger charge is -2.12. The molecule has 0 fully saturated rings. The molecule has 0 saturated heterocycles. The Bertz CT molecular complexity index is 564. The minimum Gasteiger partial charge on any atom is -0.383 e. The molecule has 0 heterocycles. The first-order valence-corrected chi connectivity index (χ1v) is 6.81. The van der Waals surface area contributed by atoms with Crippen molar-refractivity contribution in [1.29, 1.82) is 5.26 Å². The molecule has 0 saturated carbocycles. The molecule has 5 nitrogen and oxygen atoms in total. The summed E-state index contributed by atoms with van der Waals surface area (Å²) in [7, 11) is -0.378. The number of halogens is 1. The number of nitrogens with zero attached hydrogens (tertiary/aromatic N) is 2. The molecule has 0 radical (unpaired) electrons. The second kappa shape index (κ2) is 5.80. The number of rotatable bonds is 5. The van der Waals surface area contributed by atoms with Gasteiger partial charge in [-0.15, -0.1) is 0 Å². The summed E-state index contributed by atoms with van der Waals surface area (Å²) in [5.41, 5.74) is 0.574. The van der Waals surface area contributed by atoms with Gasteiger partial charge in [-0.3, -0.25) is 0 Å². The number of nitrogens with one attached hydrogen (secondary N) is 1. The molecule has 7 heteroatoms. The minimum absolute atomic E-state index is 0.0950. The monoisotopic (exact) mass is 271 g/mol. The average Bonchev–Trinajstić information content (AvgIpc) is 2.30. The third-order valence-corrected chi connectivity index (χ3v) is 4.17. The number of nitriles is 1. The van der Waals surface area contributed by atoms with Crippen LogP contribution < -0.4 is 5.32 Å². The standard InChI is InChI=1S/C11H14FN3O2S/c1-15(2)18(16,17)6-5-14-11-4-3-10(12)7-9(11)8-13/h3-4,7,14H,5-6H2,1-2H3. The fourth-order valence-corrected chi connectivity index (χ4v) is 1.99. The molecule has 0 atom stereocenters. The molecule has 1 N–H and O–H groups in total. The number of sulfonamides is 1. The van der Waals surface area contributed by atoms with Gasteiger partial charge in [0.25, 0.3) is 0 Å². The Morgan fingerprint density at radius 1 is 1.44 bits per heavy atom. The molecule has 0 aliphatic rings. The van der Waals surface area contributed by atoms with Crippen molar-refractivity contribution in [2.45, 2.75) is 0 Å². The van der Waals surface area contributed by atoms with E-state index in [1.54, 1.807) is 0 Å². The maximum atomic E-state index is 12.9. The van der Waals surface area contributed by atoms with E-state index < -0.39 is 15.8 Å². The highest BCUT2D eigenvalue weighted by molar-refractivity contribution is 7.89. The number of benzene rings is 1. The van der Waals surface area contributed by atoms with Crippen LogP contribution in [0, 0.1) is 17.1 Å². The van der Waals surface area contributed by atoms with Crippen LogP contribution in [0.15, 0.2) is 18.2 Å². The van der Waals surface area contributed by atoms with Crippen molar-refractivity contribution in [1.82, 2.24) is 4.31 Å². The van der Waals surface area contributed by atoms with Gasteiger partial charge in [0, 0.05) is 20.6 Å². The minimum atomic E-state index is -3.28. The SMILES string of the molecule is CN(C)S(=O)(=O)CCNc1ccc(F)cc1C#N. The van der Waals surface area contributed by atoms with E-state index >= 15 is 0 Å². The summed E-state index contributed by atoms with van der Waals surface area (Å²) in [5, 5.41) is 11.6. The fourth-order valence-electron chi connectivity index (χ4n) is 1.26. The molecule has 98 valence electrons. The molecule has 0 aliphatic heterocycles. The molecule has 0 unspecified atom stereocenters. The van der Waals surface area contributed by atoms with Crippen LogP contribution in [0.3, 0.4) is 0 Å². The lowest BCUT2D eigenvalue weighted by Crippen LogP contribution is -2.28. The number of hydrogen-bond acceptors (Lipinski definition) is 4. The van der Waals surface area contributed by atoms with Crippen LogP contribution in [0.25, 0.3) is 0 Å². The first kappa shape index (κ1) is 14.4. The van der Waals surface area contributed by atoms with E-state index in [0.29, 0.717) is 5.69 Å². The maximum absolute atomic E-state index is 12.9. The Kier molecular flexibility index (Phi) is 4.64. The Morgan fingerprint density at radius 2 is 2.11 bits per heavy atom. The molecular formula is C11H14FN3O2S. The van der Waals surface area contributed by atoms with Crippen LogP contribution in [0.5, 0.6) is 0 Å². The predicted molar refractivity (Wildman–Crippen MR) is 67.1 cm³/mol. The molecule has 1 rings (SSSR count). The van der Waals surface area contributed by atoms with Crippen LogP contribution in [-0.2, 0) is 10.0 Å². The zero-order chi connectivity index (χ0) is 13.8. The highest BCUT2D eigenvalue weighted by Gasteiger charge is 2.13. The first-order chi connectivity index (χ1) is 8.36. The Labute approximate surface area is 106 Å². The zero-order valence-corrected chi connectivity index (χ0v) is 11.0. The molecule has 0 bridgehead atoms. The van der Waals surface area contributed by atoms with E-state index in [2.05, 4.69) is 5.32 Å². The van der Waals surface area contributed by atoms with E-state index in [1.165, 1.54) is 26.2 Å². The van der Waals surface area contributed by atoms with Crippen molar-refractivity contribution in [2.24, 2.45) is 0 Å². The summed E-state index contributed by atoms with van der Waals surface area (Å²) in [6.07, 6.45) is 0. The van der Waals surface area contributed by atoms with E-state index in [0.717, 1.165) is 10.4 Å². The van der Waals surface area contributed by atoms with Gasteiger partial charge >= 0.3 is 0 Å². The topological polar surface area (TPSA) is 73.2 Å². The van der Waals surface area contributed by atoms with Gasteiger partial charge in [0.2, 0.25) is 10.0 Å². The smallest absolute Gasteiger partial charge is 0.215 e. The molecule has 1 aromatic carbocycles. The largest absolute Gasteiger partial charge is 0.383 e. The summed E-state index contributed by atoms with van der Waals surface area (Å²) in [6.45, 7) is 0.154. The average molecular weight is 271 g/mol. The van der Waals surface area contributed by atoms with Gasteiger partial charge in [0.05, 0.1) is 17.0 Å². The summed E-state index contributed by atoms with van der Waals surface area (Å²) in [5.74, 6) is -0.597. The van der Waals surface area contributed by atoms with Crippen LogP contribution in [-0.4, -0.2) is 39.1 Å². The molecule has 0 aliphatic carbocycles. The van der Waals surface area contributed by atoms with Gasteiger partial charge in [-0.05, 0) is 18.2 Å². The van der Waals surface area contributed by atoms with Crippen molar-refractivity contribution in [3.05, 3.63) is 29.6 Å². The zero-order valence-electron chi connectivity index (χ0n) is 10.1. The van der Waals surface area contributed by atoms with Crippen molar-refractivity contribution in [3.8, 4) is 6.07 Å². The van der Waals surface area contributed by atoms with Gasteiger partial charge in [0.15, 0.2) is 0 Å². The summed E-state index contributed by atoms with van der Waals surface area (Å²) in [6, 6.07) is 5.57. The first-order valence-electron chi connectivity index (χ1n) is 5.20. The third kappa shape index (κ3) is 3.68. The van der Waals surface area contributed by atoms with Gasteiger partial charge in [-0.1, -0.05) is 0 Å². The van der Waals surface area contributed by atoms with Crippen molar-refractivity contribution in [3.63, 3.8) is 0 Å². The Balaban J connectivity index is 2.69. The second-order valence-electron chi connectivity index (χ2n) is 3.83. The van der Waals surface area contributed by atoms with Crippen LogP contribution in [0.2, 0.25) is 0 Å². The van der Waals surface area contributed by atoms with Gasteiger partial charge in [-0.25, -0.2) is 17.1 Å². The van der Waals surface area contributed by atoms with E-state index in [-0.39, 0.29) is 17.9 Å². The van der Waals surface area contributed by atoms with Gasteiger partial charge in [0.1, 0.15) is 11.9 Å². The summed E-state index contributed by atoms with van der Waals surface area (Å²) >= 11 is 0. The highest BCUT2D eigenvalue weighted by Crippen LogP contribution is 2.15. The lowest BCUT2D eigenvalue weighted by atomic mass is 10.2. The summed E-state index contributed by atoms with van der Waals surface area (Å²) < 4.78 is 37.0. The van der Waals surface area contributed by atoms with Gasteiger partial charge < -0.3 is 5.32 Å². The van der Waals surface area contributed by atoms with Crippen molar-refractivity contribution >= 4 is 15.7 Å². The Hall–Kier alpha value is -1.65. The second-order valence-corrected chi connectivity index (χ2v) is 6.13. The quantitative estimate of drug-likeness (QED) is 0.867. The molecule has 18 heavy (non-hydrogen) atoms. The van der Waals surface area contributed by atoms with E-state index in [4.69, 9.17) is 5.26 Å². The fraction of sp³-hybridized carbons (Fsp3) is 0.364. The lowest BCUT2D eigenvalue weighted by molar-refractivity contribution is 0.521. The van der Waals surface area contributed by atoms with Gasteiger partial charge in [-0.2, -0.15) is 5.26 Å². The molecule has 0 amide bonds. The van der Waals surface area contributed by atoms with E-state index in [1.807, 2.05) is 6.07 Å². The maximum Gasteiger partial charge on any atom is 0.215 e.